The minimum absolute atomic E-state index is 0.262. The molecule has 0 aliphatic carbocycles. The van der Waals surface area contributed by atoms with E-state index >= 15 is 0 Å². The fourth-order valence-corrected chi connectivity index (χ4v) is 1.04. The number of rotatable bonds is 5. The molecule has 76 valence electrons. The fourth-order valence-electron chi connectivity index (χ4n) is 1.04. The molecule has 0 aromatic carbocycles. The number of carboxylic acid groups (broad SMARTS) is 1. The molecule has 13 heavy (non-hydrogen) atoms. The molecule has 0 amide bonds. The number of esters is 1. The summed E-state index contributed by atoms with van der Waals surface area (Å²) in [6.07, 6.45) is 1.76. The summed E-state index contributed by atoms with van der Waals surface area (Å²) in [5, 5.41) is 10.7. The quantitative estimate of drug-likeness (QED) is 0.452. The third-order valence-corrected chi connectivity index (χ3v) is 2.12. The van der Waals surface area contributed by atoms with E-state index in [0.717, 1.165) is 6.42 Å². The molecule has 0 unspecified atom stereocenters. The second-order valence-electron chi connectivity index (χ2n) is 3.21. The predicted molar refractivity (Wildman–Crippen MR) is 44.7 cm³/mol. The van der Waals surface area contributed by atoms with Gasteiger partial charge in [-0.2, -0.15) is 0 Å². The molecule has 0 aromatic rings. The Morgan fingerprint density at radius 1 is 1.46 bits per heavy atom. The summed E-state index contributed by atoms with van der Waals surface area (Å²) in [5.41, 5.74) is -1.50. The van der Waals surface area contributed by atoms with E-state index in [1.165, 1.54) is 14.0 Å². The number of ether oxygens (including phenoxy) is 1. The number of carbonyl (C=O) groups excluding carboxylic acids is 2. The maximum Gasteiger partial charge on any atom is 0.317 e. The van der Waals surface area contributed by atoms with Crippen LogP contribution in [-0.4, -0.2) is 19.0 Å². The highest BCUT2D eigenvalue weighted by Gasteiger charge is 2.35. The first kappa shape index (κ1) is 11.9. The normalized spacial score (nSPS) is 14.7. The van der Waals surface area contributed by atoms with Gasteiger partial charge in [0, 0.05) is 0 Å². The van der Waals surface area contributed by atoms with Gasteiger partial charge in [-0.1, -0.05) is 19.8 Å². The van der Waals surface area contributed by atoms with E-state index in [4.69, 9.17) is 0 Å². The Bertz CT molecular complexity index is 200. The average molecular weight is 187 g/mol. The van der Waals surface area contributed by atoms with Crippen LogP contribution in [-0.2, 0) is 14.3 Å². The molecule has 0 fully saturated rings. The van der Waals surface area contributed by atoms with E-state index in [-0.39, 0.29) is 6.42 Å². The second kappa shape index (κ2) is 4.84. The van der Waals surface area contributed by atoms with Crippen LogP contribution in [0.3, 0.4) is 0 Å². The van der Waals surface area contributed by atoms with E-state index in [1.54, 1.807) is 0 Å². The van der Waals surface area contributed by atoms with Gasteiger partial charge >= 0.3 is 5.97 Å². The van der Waals surface area contributed by atoms with Gasteiger partial charge in [-0.05, 0) is 13.3 Å². The van der Waals surface area contributed by atoms with Crippen LogP contribution in [0.1, 0.15) is 33.1 Å². The molecule has 0 aliphatic rings. The van der Waals surface area contributed by atoms with Crippen molar-refractivity contribution in [2.75, 3.05) is 7.11 Å². The molecule has 1 atom stereocenters. The topological polar surface area (TPSA) is 66.4 Å². The molecule has 0 bridgehead atoms. The molecule has 0 aromatic heterocycles. The van der Waals surface area contributed by atoms with Gasteiger partial charge in [-0.15, -0.1) is 0 Å². The minimum Gasteiger partial charge on any atom is -0.549 e. The molecule has 0 aliphatic heterocycles. The summed E-state index contributed by atoms with van der Waals surface area (Å²) in [5.74, 6) is -2.10. The number of unbranched alkanes of at least 4 members (excludes halogenated alkanes) is 1. The van der Waals surface area contributed by atoms with Gasteiger partial charge in [0.2, 0.25) is 0 Å². The fraction of sp³-hybridized carbons (Fsp3) is 0.778. The number of hydrogen-bond acceptors (Lipinski definition) is 4. The third-order valence-electron chi connectivity index (χ3n) is 2.12. The van der Waals surface area contributed by atoms with Crippen molar-refractivity contribution in [3.05, 3.63) is 0 Å². The van der Waals surface area contributed by atoms with Gasteiger partial charge in [-0.3, -0.25) is 4.79 Å². The Balaban J connectivity index is 4.52. The molecule has 0 rings (SSSR count). The maximum atomic E-state index is 11.1. The molecule has 0 heterocycles. The van der Waals surface area contributed by atoms with E-state index < -0.39 is 17.4 Å². The standard InChI is InChI=1S/C9H16O4/c1-4-5-6-9(2,7(10)11)8(12)13-3/h4-6H2,1-3H3,(H,10,11)/p-1/t9-/m1/s1. The van der Waals surface area contributed by atoms with Crippen molar-refractivity contribution in [2.24, 2.45) is 5.41 Å². The molecule has 0 saturated carbocycles. The predicted octanol–water partition coefficient (Wildman–Crippen LogP) is 0.106. The van der Waals surface area contributed by atoms with E-state index in [2.05, 4.69) is 4.74 Å². The maximum absolute atomic E-state index is 11.1. The molecule has 0 spiro atoms. The van der Waals surface area contributed by atoms with Gasteiger partial charge in [0.1, 0.15) is 5.41 Å². The van der Waals surface area contributed by atoms with Gasteiger partial charge in [0.15, 0.2) is 0 Å². The lowest BCUT2D eigenvalue weighted by atomic mass is 9.85. The Morgan fingerprint density at radius 3 is 2.31 bits per heavy atom. The van der Waals surface area contributed by atoms with Crippen LogP contribution in [0, 0.1) is 5.41 Å². The Hall–Kier alpha value is -1.06. The zero-order chi connectivity index (χ0) is 10.5. The highest BCUT2D eigenvalue weighted by molar-refractivity contribution is 5.97. The molecule has 0 saturated heterocycles. The van der Waals surface area contributed by atoms with Crippen LogP contribution >= 0.6 is 0 Å². The number of carbonyl (C=O) groups is 2. The summed E-state index contributed by atoms with van der Waals surface area (Å²) in [7, 11) is 1.18. The van der Waals surface area contributed by atoms with Crippen molar-refractivity contribution >= 4 is 11.9 Å². The number of methoxy groups -OCH3 is 1. The summed E-state index contributed by atoms with van der Waals surface area (Å²) in [6.45, 7) is 3.26. The molecular weight excluding hydrogens is 172 g/mol. The lowest BCUT2D eigenvalue weighted by molar-refractivity contribution is -0.317. The lowest BCUT2D eigenvalue weighted by Crippen LogP contribution is -2.46. The van der Waals surface area contributed by atoms with Crippen molar-refractivity contribution in [2.45, 2.75) is 33.1 Å². The SMILES string of the molecule is CCCC[C@](C)(C(=O)[O-])C(=O)OC. The summed E-state index contributed by atoms with van der Waals surface area (Å²) in [6, 6.07) is 0. The summed E-state index contributed by atoms with van der Waals surface area (Å²) < 4.78 is 4.41. The van der Waals surface area contributed by atoms with Gasteiger partial charge < -0.3 is 14.6 Å². The molecule has 4 heteroatoms. The first-order valence-electron chi connectivity index (χ1n) is 4.29. The lowest BCUT2D eigenvalue weighted by Gasteiger charge is -2.27. The van der Waals surface area contributed by atoms with Crippen molar-refractivity contribution in [1.29, 1.82) is 0 Å². The first-order chi connectivity index (χ1) is 5.99. The van der Waals surface area contributed by atoms with Crippen molar-refractivity contribution in [1.82, 2.24) is 0 Å². The van der Waals surface area contributed by atoms with Crippen molar-refractivity contribution in [3.8, 4) is 0 Å². The highest BCUT2D eigenvalue weighted by Crippen LogP contribution is 2.24. The number of aliphatic carboxylic acids is 1. The Kier molecular flexibility index (Phi) is 4.45. The highest BCUT2D eigenvalue weighted by atomic mass is 16.5. The van der Waals surface area contributed by atoms with Crippen LogP contribution in [0.25, 0.3) is 0 Å². The number of hydrogen-bond donors (Lipinski definition) is 0. The van der Waals surface area contributed by atoms with Gasteiger partial charge in [0.05, 0.1) is 13.1 Å². The minimum atomic E-state index is -1.50. The zero-order valence-corrected chi connectivity index (χ0v) is 8.25. The van der Waals surface area contributed by atoms with Gasteiger partial charge in [0.25, 0.3) is 0 Å². The molecule has 0 radical (unpaired) electrons. The van der Waals surface area contributed by atoms with Crippen molar-refractivity contribution < 1.29 is 19.4 Å². The monoisotopic (exact) mass is 187 g/mol. The first-order valence-corrected chi connectivity index (χ1v) is 4.29. The number of carboxylic acids is 1. The van der Waals surface area contributed by atoms with Gasteiger partial charge in [-0.25, -0.2) is 0 Å². The smallest absolute Gasteiger partial charge is 0.317 e. The van der Waals surface area contributed by atoms with Crippen LogP contribution in [0.4, 0.5) is 0 Å². The zero-order valence-electron chi connectivity index (χ0n) is 8.25. The van der Waals surface area contributed by atoms with Crippen molar-refractivity contribution in [3.63, 3.8) is 0 Å². The van der Waals surface area contributed by atoms with Crippen LogP contribution in [0.2, 0.25) is 0 Å². The third kappa shape index (κ3) is 2.72. The summed E-state index contributed by atoms with van der Waals surface area (Å²) >= 11 is 0. The largest absolute Gasteiger partial charge is 0.549 e. The molecule has 0 N–H and O–H groups in total. The summed E-state index contributed by atoms with van der Waals surface area (Å²) in [4.78, 5) is 21.9. The molecular formula is C9H15O4-. The van der Waals surface area contributed by atoms with E-state index in [0.29, 0.717) is 6.42 Å². The Morgan fingerprint density at radius 2 is 2.00 bits per heavy atom. The van der Waals surface area contributed by atoms with Crippen LogP contribution in [0.15, 0.2) is 0 Å². The second-order valence-corrected chi connectivity index (χ2v) is 3.21. The van der Waals surface area contributed by atoms with E-state index in [9.17, 15) is 14.7 Å². The van der Waals surface area contributed by atoms with E-state index in [1.807, 2.05) is 6.92 Å². The van der Waals surface area contributed by atoms with Crippen LogP contribution < -0.4 is 5.11 Å². The van der Waals surface area contributed by atoms with Crippen LogP contribution in [0.5, 0.6) is 0 Å². The average Bonchev–Trinajstić information content (AvgIpc) is 2.12. The Labute approximate surface area is 77.9 Å². The molecule has 4 nitrogen and oxygen atoms in total.